The van der Waals surface area contributed by atoms with E-state index in [0.29, 0.717) is 35.9 Å². The average molecular weight is 353 g/mol. The summed E-state index contributed by atoms with van der Waals surface area (Å²) in [5.74, 6) is -0.725. The molecule has 1 fully saturated rings. The summed E-state index contributed by atoms with van der Waals surface area (Å²) < 4.78 is 4.73. The van der Waals surface area contributed by atoms with Crippen molar-refractivity contribution in [3.05, 3.63) is 17.0 Å². The van der Waals surface area contributed by atoms with Crippen molar-refractivity contribution in [2.24, 2.45) is 11.7 Å². The molecule has 2 heterocycles. The van der Waals surface area contributed by atoms with Crippen LogP contribution in [0.4, 0.5) is 5.00 Å². The average Bonchev–Trinajstić information content (AvgIpc) is 3.13. The molecule has 24 heavy (non-hydrogen) atoms. The van der Waals surface area contributed by atoms with Gasteiger partial charge in [-0.25, -0.2) is 4.79 Å². The van der Waals surface area contributed by atoms with E-state index in [1.165, 1.54) is 23.3 Å². The molecule has 1 aromatic heterocycles. The molecule has 0 bridgehead atoms. The van der Waals surface area contributed by atoms with E-state index in [1.54, 1.807) is 11.4 Å². The van der Waals surface area contributed by atoms with Gasteiger partial charge in [-0.15, -0.1) is 11.3 Å². The lowest BCUT2D eigenvalue weighted by atomic mass is 10.0. The van der Waals surface area contributed by atoms with Crippen molar-refractivity contribution in [3.63, 3.8) is 0 Å². The molecule has 132 valence electrons. The summed E-state index contributed by atoms with van der Waals surface area (Å²) in [6.07, 6.45) is 1.05. The number of carbonyl (C=O) groups is 3. The highest BCUT2D eigenvalue weighted by Crippen LogP contribution is 2.31. The van der Waals surface area contributed by atoms with E-state index in [2.05, 4.69) is 5.32 Å². The SMILES string of the molecule is COC(=O)c1ccsc1N1CCC(NC(=O)[C@@H](N)CC(C)C)C1=O. The maximum atomic E-state index is 12.6. The summed E-state index contributed by atoms with van der Waals surface area (Å²) in [5.41, 5.74) is 6.22. The van der Waals surface area contributed by atoms with Crippen LogP contribution in [0.2, 0.25) is 0 Å². The van der Waals surface area contributed by atoms with Crippen LogP contribution in [-0.2, 0) is 14.3 Å². The van der Waals surface area contributed by atoms with Crippen molar-refractivity contribution in [3.8, 4) is 0 Å². The van der Waals surface area contributed by atoms with Gasteiger partial charge in [0, 0.05) is 6.54 Å². The molecule has 0 saturated carbocycles. The minimum atomic E-state index is -0.626. The molecule has 7 nitrogen and oxygen atoms in total. The summed E-state index contributed by atoms with van der Waals surface area (Å²) in [7, 11) is 1.30. The molecule has 1 saturated heterocycles. The van der Waals surface area contributed by atoms with Crippen molar-refractivity contribution in [2.75, 3.05) is 18.6 Å². The molecule has 0 aromatic carbocycles. The van der Waals surface area contributed by atoms with Crippen molar-refractivity contribution in [2.45, 2.75) is 38.8 Å². The number of thiophene rings is 1. The molecule has 1 aliphatic heterocycles. The molecular formula is C16H23N3O4S. The van der Waals surface area contributed by atoms with Gasteiger partial charge in [0.1, 0.15) is 11.0 Å². The number of hydrogen-bond donors (Lipinski definition) is 2. The first-order valence-electron chi connectivity index (χ1n) is 7.88. The lowest BCUT2D eigenvalue weighted by Gasteiger charge is -2.19. The Morgan fingerprint density at radius 1 is 1.50 bits per heavy atom. The van der Waals surface area contributed by atoms with Crippen LogP contribution in [-0.4, -0.2) is 43.5 Å². The van der Waals surface area contributed by atoms with E-state index >= 15 is 0 Å². The van der Waals surface area contributed by atoms with E-state index in [1.807, 2.05) is 13.8 Å². The minimum Gasteiger partial charge on any atom is -0.465 e. The Morgan fingerprint density at radius 2 is 2.21 bits per heavy atom. The molecule has 1 unspecified atom stereocenters. The summed E-state index contributed by atoms with van der Waals surface area (Å²) >= 11 is 1.30. The van der Waals surface area contributed by atoms with Crippen molar-refractivity contribution in [1.29, 1.82) is 0 Å². The Labute approximate surface area is 145 Å². The van der Waals surface area contributed by atoms with E-state index in [9.17, 15) is 14.4 Å². The Hall–Kier alpha value is -1.93. The van der Waals surface area contributed by atoms with Crippen LogP contribution < -0.4 is 16.0 Å². The van der Waals surface area contributed by atoms with Crippen molar-refractivity contribution >= 4 is 34.1 Å². The van der Waals surface area contributed by atoms with E-state index in [0.717, 1.165) is 0 Å². The fourth-order valence-corrected chi connectivity index (χ4v) is 3.60. The number of anilines is 1. The number of rotatable bonds is 6. The van der Waals surface area contributed by atoms with E-state index in [-0.39, 0.29) is 11.8 Å². The van der Waals surface area contributed by atoms with Crippen molar-refractivity contribution < 1.29 is 19.1 Å². The zero-order chi connectivity index (χ0) is 17.9. The fourth-order valence-electron chi connectivity index (χ4n) is 2.68. The van der Waals surface area contributed by atoms with Gasteiger partial charge in [-0.3, -0.25) is 9.59 Å². The standard InChI is InChI=1S/C16H23N3O4S/c1-9(2)8-11(17)13(20)18-12-4-6-19(14(12)21)15-10(5-7-24-15)16(22)23-3/h5,7,9,11-12H,4,6,8,17H2,1-3H3,(H,18,20)/t11-,12?/m0/s1. The Kier molecular flexibility index (Phi) is 5.95. The van der Waals surface area contributed by atoms with Gasteiger partial charge in [-0.05, 0) is 30.2 Å². The quantitative estimate of drug-likeness (QED) is 0.747. The largest absolute Gasteiger partial charge is 0.465 e. The second-order valence-corrected chi connectivity index (χ2v) is 7.10. The first-order chi connectivity index (χ1) is 11.3. The molecule has 2 rings (SSSR count). The molecule has 1 aromatic rings. The first kappa shape index (κ1) is 18.4. The maximum Gasteiger partial charge on any atom is 0.340 e. The lowest BCUT2D eigenvalue weighted by molar-refractivity contribution is -0.127. The molecule has 2 atom stereocenters. The van der Waals surface area contributed by atoms with Gasteiger partial charge in [-0.2, -0.15) is 0 Å². The number of nitrogens with zero attached hydrogens (tertiary/aromatic N) is 1. The summed E-state index contributed by atoms with van der Waals surface area (Å²) in [5, 5.41) is 5.01. The molecule has 0 radical (unpaired) electrons. The second kappa shape index (κ2) is 7.76. The third-order valence-corrected chi connectivity index (χ3v) is 4.82. The predicted octanol–water partition coefficient (Wildman–Crippen LogP) is 1.13. The number of nitrogens with one attached hydrogen (secondary N) is 1. The van der Waals surface area contributed by atoms with Gasteiger partial charge in [0.25, 0.3) is 0 Å². The summed E-state index contributed by atoms with van der Waals surface area (Å²) in [6, 6.07) is 0.395. The number of esters is 1. The molecule has 0 spiro atoms. The Bertz CT molecular complexity index is 629. The van der Waals surface area contributed by atoms with Gasteiger partial charge < -0.3 is 20.7 Å². The third kappa shape index (κ3) is 3.93. The highest BCUT2D eigenvalue weighted by atomic mass is 32.1. The Balaban J connectivity index is 2.04. The molecule has 1 aliphatic rings. The lowest BCUT2D eigenvalue weighted by Crippen LogP contribution is -2.48. The number of hydrogen-bond acceptors (Lipinski definition) is 6. The van der Waals surface area contributed by atoms with Crippen LogP contribution in [0.1, 0.15) is 37.0 Å². The van der Waals surface area contributed by atoms with Crippen molar-refractivity contribution in [1.82, 2.24) is 5.32 Å². The zero-order valence-electron chi connectivity index (χ0n) is 14.1. The zero-order valence-corrected chi connectivity index (χ0v) is 14.9. The molecule has 0 aliphatic carbocycles. The van der Waals surface area contributed by atoms with E-state index in [4.69, 9.17) is 10.5 Å². The topological polar surface area (TPSA) is 102 Å². The van der Waals surface area contributed by atoms with Gasteiger partial charge in [-0.1, -0.05) is 13.8 Å². The summed E-state index contributed by atoms with van der Waals surface area (Å²) in [4.78, 5) is 38.0. The van der Waals surface area contributed by atoms with Gasteiger partial charge in [0.2, 0.25) is 11.8 Å². The van der Waals surface area contributed by atoms with E-state index < -0.39 is 18.1 Å². The van der Waals surface area contributed by atoms with Crippen LogP contribution in [0.5, 0.6) is 0 Å². The predicted molar refractivity (Wildman–Crippen MR) is 92.0 cm³/mol. The van der Waals surface area contributed by atoms with Crippen LogP contribution in [0.3, 0.4) is 0 Å². The normalized spacial score (nSPS) is 18.8. The molecular weight excluding hydrogens is 330 g/mol. The minimum absolute atomic E-state index is 0.229. The molecule has 8 heteroatoms. The highest BCUT2D eigenvalue weighted by molar-refractivity contribution is 7.14. The van der Waals surface area contributed by atoms with Crippen LogP contribution in [0.15, 0.2) is 11.4 Å². The number of methoxy groups -OCH3 is 1. The molecule has 3 N–H and O–H groups in total. The first-order valence-corrected chi connectivity index (χ1v) is 8.76. The maximum absolute atomic E-state index is 12.6. The number of ether oxygens (including phenoxy) is 1. The number of nitrogens with two attached hydrogens (primary N) is 1. The van der Waals surface area contributed by atoms with Gasteiger partial charge in [0.05, 0.1) is 18.7 Å². The summed E-state index contributed by atoms with van der Waals surface area (Å²) in [6.45, 7) is 4.41. The second-order valence-electron chi connectivity index (χ2n) is 6.21. The highest BCUT2D eigenvalue weighted by Gasteiger charge is 2.36. The molecule has 2 amide bonds. The smallest absolute Gasteiger partial charge is 0.340 e. The number of carbonyl (C=O) groups excluding carboxylic acids is 3. The fraction of sp³-hybridized carbons (Fsp3) is 0.562. The number of amides is 2. The van der Waals surface area contributed by atoms with Gasteiger partial charge in [0.15, 0.2) is 0 Å². The van der Waals surface area contributed by atoms with Crippen LogP contribution in [0, 0.1) is 5.92 Å². The van der Waals surface area contributed by atoms with Crippen LogP contribution >= 0.6 is 11.3 Å². The Morgan fingerprint density at radius 3 is 2.83 bits per heavy atom. The third-order valence-electron chi connectivity index (χ3n) is 3.88. The van der Waals surface area contributed by atoms with Crippen LogP contribution in [0.25, 0.3) is 0 Å². The monoisotopic (exact) mass is 353 g/mol. The van der Waals surface area contributed by atoms with Gasteiger partial charge >= 0.3 is 5.97 Å².